The Morgan fingerprint density at radius 2 is 2.28 bits per heavy atom. The van der Waals surface area contributed by atoms with Crippen LogP contribution < -0.4 is 16.2 Å². The van der Waals surface area contributed by atoms with Crippen LogP contribution in [-0.4, -0.2) is 28.7 Å². The lowest BCUT2D eigenvalue weighted by atomic mass is 10.1. The Bertz CT molecular complexity index is 892. The molecule has 1 fully saturated rings. The second-order valence-electron chi connectivity index (χ2n) is 6.06. The number of nitrogens with two attached hydrogens (primary N) is 1. The van der Waals surface area contributed by atoms with Crippen molar-refractivity contribution >= 4 is 17.5 Å². The number of benzene rings is 1. The van der Waals surface area contributed by atoms with Crippen molar-refractivity contribution in [3.63, 3.8) is 0 Å². The molecule has 0 saturated carbocycles. The lowest BCUT2D eigenvalue weighted by molar-refractivity contribution is 0.490. The maximum Gasteiger partial charge on any atom is 0.273 e. The standard InChI is InChI=1S/C17H17ClFN5O/c18-15-8-22-17(23-5-1-2-14(21)10-23)24(16(15)25)9-12-6-13(19)4-3-11(12)7-20/h3-4,6,8,14H,1-2,5,9-10,21H2. The van der Waals surface area contributed by atoms with Crippen molar-refractivity contribution in [3.8, 4) is 6.07 Å². The Balaban J connectivity index is 2.06. The second-order valence-corrected chi connectivity index (χ2v) is 6.47. The molecule has 8 heteroatoms. The first-order chi connectivity index (χ1) is 12.0. The zero-order valence-corrected chi connectivity index (χ0v) is 14.2. The summed E-state index contributed by atoms with van der Waals surface area (Å²) >= 11 is 5.95. The van der Waals surface area contributed by atoms with Crippen LogP contribution in [0.4, 0.5) is 10.3 Å². The summed E-state index contributed by atoms with van der Waals surface area (Å²) in [7, 11) is 0. The van der Waals surface area contributed by atoms with Gasteiger partial charge in [0.15, 0.2) is 0 Å². The van der Waals surface area contributed by atoms with Gasteiger partial charge in [0, 0.05) is 19.1 Å². The molecular weight excluding hydrogens is 345 g/mol. The maximum atomic E-state index is 13.6. The van der Waals surface area contributed by atoms with Gasteiger partial charge >= 0.3 is 0 Å². The van der Waals surface area contributed by atoms with Crippen LogP contribution in [0.15, 0.2) is 29.2 Å². The Hall–Kier alpha value is -2.43. The Labute approximate surface area is 149 Å². The highest BCUT2D eigenvalue weighted by Crippen LogP contribution is 2.20. The van der Waals surface area contributed by atoms with Crippen LogP contribution in [0.2, 0.25) is 5.02 Å². The molecule has 2 N–H and O–H groups in total. The van der Waals surface area contributed by atoms with Gasteiger partial charge in [-0.3, -0.25) is 9.36 Å². The van der Waals surface area contributed by atoms with Crippen molar-refractivity contribution in [1.82, 2.24) is 9.55 Å². The molecule has 1 aliphatic rings. The van der Waals surface area contributed by atoms with Gasteiger partial charge in [-0.2, -0.15) is 5.26 Å². The third kappa shape index (κ3) is 3.65. The fourth-order valence-electron chi connectivity index (χ4n) is 3.02. The van der Waals surface area contributed by atoms with E-state index in [-0.39, 0.29) is 17.6 Å². The van der Waals surface area contributed by atoms with E-state index in [4.69, 9.17) is 17.3 Å². The number of aromatic nitrogens is 2. The highest BCUT2D eigenvalue weighted by Gasteiger charge is 2.22. The van der Waals surface area contributed by atoms with Crippen LogP contribution in [0.25, 0.3) is 0 Å². The van der Waals surface area contributed by atoms with Crippen molar-refractivity contribution in [2.45, 2.75) is 25.4 Å². The first-order valence-corrected chi connectivity index (χ1v) is 8.32. The third-order valence-electron chi connectivity index (χ3n) is 4.24. The van der Waals surface area contributed by atoms with E-state index in [2.05, 4.69) is 4.98 Å². The molecule has 0 radical (unpaired) electrons. The Morgan fingerprint density at radius 1 is 1.48 bits per heavy atom. The van der Waals surface area contributed by atoms with Crippen LogP contribution in [0.1, 0.15) is 24.0 Å². The van der Waals surface area contributed by atoms with Gasteiger partial charge in [-0.15, -0.1) is 0 Å². The topological polar surface area (TPSA) is 87.9 Å². The van der Waals surface area contributed by atoms with Crippen LogP contribution in [-0.2, 0) is 6.54 Å². The average molecular weight is 362 g/mol. The molecule has 1 atom stereocenters. The van der Waals surface area contributed by atoms with Crippen molar-refractivity contribution in [2.24, 2.45) is 5.73 Å². The summed E-state index contributed by atoms with van der Waals surface area (Å²) in [4.78, 5) is 18.8. The first kappa shape index (κ1) is 17.4. The van der Waals surface area contributed by atoms with E-state index in [9.17, 15) is 14.4 Å². The number of nitriles is 1. The minimum Gasteiger partial charge on any atom is -0.341 e. The smallest absolute Gasteiger partial charge is 0.273 e. The van der Waals surface area contributed by atoms with E-state index in [0.29, 0.717) is 23.6 Å². The molecule has 0 amide bonds. The van der Waals surface area contributed by atoms with Gasteiger partial charge in [0.05, 0.1) is 24.4 Å². The Kier molecular flexibility index (Phi) is 5.02. The van der Waals surface area contributed by atoms with Crippen molar-refractivity contribution < 1.29 is 4.39 Å². The maximum absolute atomic E-state index is 13.6. The molecule has 25 heavy (non-hydrogen) atoms. The molecule has 130 valence electrons. The Morgan fingerprint density at radius 3 is 3.00 bits per heavy atom. The molecule has 0 aliphatic carbocycles. The zero-order chi connectivity index (χ0) is 18.0. The highest BCUT2D eigenvalue weighted by molar-refractivity contribution is 6.30. The number of piperidine rings is 1. The van der Waals surface area contributed by atoms with Crippen molar-refractivity contribution in [2.75, 3.05) is 18.0 Å². The molecule has 3 rings (SSSR count). The molecule has 1 aromatic heterocycles. The SMILES string of the molecule is N#Cc1ccc(F)cc1Cn1c(N2CCCC(N)C2)ncc(Cl)c1=O. The zero-order valence-electron chi connectivity index (χ0n) is 13.5. The van der Waals surface area contributed by atoms with E-state index < -0.39 is 11.4 Å². The van der Waals surface area contributed by atoms with Crippen molar-refractivity contribution in [3.05, 3.63) is 56.7 Å². The summed E-state index contributed by atoms with van der Waals surface area (Å²) < 4.78 is 15.0. The number of hydrogen-bond acceptors (Lipinski definition) is 5. The van der Waals surface area contributed by atoms with Crippen LogP contribution in [0.5, 0.6) is 0 Å². The van der Waals surface area contributed by atoms with Crippen LogP contribution >= 0.6 is 11.6 Å². The summed E-state index contributed by atoms with van der Waals surface area (Å²) in [6.07, 6.45) is 3.12. The number of halogens is 2. The lowest BCUT2D eigenvalue weighted by Crippen LogP contribution is -2.45. The monoisotopic (exact) mass is 361 g/mol. The number of anilines is 1. The van der Waals surface area contributed by atoms with E-state index in [1.807, 2.05) is 11.0 Å². The summed E-state index contributed by atoms with van der Waals surface area (Å²) in [5.41, 5.74) is 6.29. The predicted octanol–water partition coefficient (Wildman–Crippen LogP) is 1.88. The van der Waals surface area contributed by atoms with Crippen LogP contribution in [0, 0.1) is 17.1 Å². The van der Waals surface area contributed by atoms with Gasteiger partial charge in [-0.05, 0) is 36.6 Å². The third-order valence-corrected chi connectivity index (χ3v) is 4.50. The number of rotatable bonds is 3. The van der Waals surface area contributed by atoms with Crippen molar-refractivity contribution in [1.29, 1.82) is 5.26 Å². The fraction of sp³-hybridized carbons (Fsp3) is 0.353. The van der Waals surface area contributed by atoms with E-state index >= 15 is 0 Å². The lowest BCUT2D eigenvalue weighted by Gasteiger charge is -2.33. The number of hydrogen-bond donors (Lipinski definition) is 1. The second kappa shape index (κ2) is 7.21. The molecule has 1 aliphatic heterocycles. The molecule has 1 aromatic carbocycles. The summed E-state index contributed by atoms with van der Waals surface area (Å²) in [6.45, 7) is 1.30. The van der Waals surface area contributed by atoms with Gasteiger partial charge in [0.1, 0.15) is 10.8 Å². The largest absolute Gasteiger partial charge is 0.341 e. The van der Waals surface area contributed by atoms with Crippen LogP contribution in [0.3, 0.4) is 0 Å². The van der Waals surface area contributed by atoms with Gasteiger partial charge in [-0.1, -0.05) is 11.6 Å². The predicted molar refractivity (Wildman–Crippen MR) is 93.1 cm³/mol. The quantitative estimate of drug-likeness (QED) is 0.901. The summed E-state index contributed by atoms with van der Waals surface area (Å²) in [6, 6.07) is 5.87. The molecule has 6 nitrogen and oxygen atoms in total. The van der Waals surface area contributed by atoms with Gasteiger partial charge in [0.25, 0.3) is 5.56 Å². The van der Waals surface area contributed by atoms with E-state index in [0.717, 1.165) is 19.4 Å². The van der Waals surface area contributed by atoms with E-state index in [1.165, 1.54) is 29.0 Å². The summed E-state index contributed by atoms with van der Waals surface area (Å²) in [5.74, 6) is -0.0451. The van der Waals surface area contributed by atoms with E-state index in [1.54, 1.807) is 0 Å². The normalized spacial score (nSPS) is 17.4. The molecular formula is C17H17ClFN5O. The molecule has 2 aromatic rings. The molecule has 0 spiro atoms. The van der Waals surface area contributed by atoms with Gasteiger partial charge in [0.2, 0.25) is 5.95 Å². The minimum absolute atomic E-state index is 0.00128. The number of nitrogens with zero attached hydrogens (tertiary/aromatic N) is 4. The first-order valence-electron chi connectivity index (χ1n) is 7.94. The molecule has 2 heterocycles. The fourth-order valence-corrected chi connectivity index (χ4v) is 3.17. The highest BCUT2D eigenvalue weighted by atomic mass is 35.5. The van der Waals surface area contributed by atoms with Gasteiger partial charge < -0.3 is 10.6 Å². The summed E-state index contributed by atoms with van der Waals surface area (Å²) in [5, 5.41) is 9.21. The average Bonchev–Trinajstić information content (AvgIpc) is 2.59. The molecule has 1 unspecified atom stereocenters. The van der Waals surface area contributed by atoms with Gasteiger partial charge in [-0.25, -0.2) is 9.37 Å². The molecule has 1 saturated heterocycles. The minimum atomic E-state index is -0.474. The molecule has 0 bridgehead atoms.